The summed E-state index contributed by atoms with van der Waals surface area (Å²) in [5.74, 6) is 0. The van der Waals surface area contributed by atoms with Crippen LogP contribution in [0.25, 0.3) is 93.2 Å². The Labute approximate surface area is 360 Å². The van der Waals surface area contributed by atoms with Crippen LogP contribution in [0.5, 0.6) is 0 Å². The van der Waals surface area contributed by atoms with Gasteiger partial charge in [-0.25, -0.2) is 0 Å². The highest BCUT2D eigenvalue weighted by Crippen LogP contribution is 2.45. The summed E-state index contributed by atoms with van der Waals surface area (Å²) in [6.07, 6.45) is 0. The van der Waals surface area contributed by atoms with Gasteiger partial charge >= 0.3 is 0 Å². The quantitative estimate of drug-likeness (QED) is 0.146. The minimum absolute atomic E-state index is 1.09. The molecule has 0 atom stereocenters. The molecule has 2 nitrogen and oxygen atoms in total. The summed E-state index contributed by atoms with van der Waals surface area (Å²) < 4.78 is 2.42. The van der Waals surface area contributed by atoms with Crippen LogP contribution in [0.4, 0.5) is 17.1 Å². The van der Waals surface area contributed by atoms with Crippen LogP contribution in [0.15, 0.2) is 243 Å². The molecule has 1 aromatic heterocycles. The molecule has 0 aliphatic carbocycles. The lowest BCUT2D eigenvalue weighted by atomic mass is 9.94. The summed E-state index contributed by atoms with van der Waals surface area (Å²) in [5.41, 5.74) is 14.0. The number of anilines is 3. The number of hydrogen-bond donors (Lipinski definition) is 0. The van der Waals surface area contributed by atoms with E-state index < -0.39 is 0 Å². The van der Waals surface area contributed by atoms with E-state index in [0.29, 0.717) is 0 Å². The second-order valence-corrected chi connectivity index (χ2v) is 16.1. The van der Waals surface area contributed by atoms with Gasteiger partial charge in [0.2, 0.25) is 0 Å². The van der Waals surface area contributed by atoms with Gasteiger partial charge in [0.05, 0.1) is 11.0 Å². The second-order valence-electron chi connectivity index (χ2n) is 16.1. The number of aromatic nitrogens is 1. The minimum Gasteiger partial charge on any atom is -0.310 e. The largest absolute Gasteiger partial charge is 0.310 e. The molecule has 0 saturated heterocycles. The van der Waals surface area contributed by atoms with E-state index in [1.54, 1.807) is 0 Å². The third-order valence-corrected chi connectivity index (χ3v) is 12.5. The van der Waals surface area contributed by atoms with Crippen molar-refractivity contribution in [2.45, 2.75) is 0 Å². The molecule has 0 amide bonds. The number of fused-ring (bicyclic) bond motifs is 7. The van der Waals surface area contributed by atoms with Crippen molar-refractivity contribution in [2.24, 2.45) is 0 Å². The molecule has 0 unspecified atom stereocenters. The molecule has 0 bridgehead atoms. The van der Waals surface area contributed by atoms with E-state index in [1.165, 1.54) is 81.9 Å². The van der Waals surface area contributed by atoms with Gasteiger partial charge < -0.3 is 9.47 Å². The number of para-hydroxylation sites is 1. The number of benzene rings is 11. The molecule has 12 aromatic rings. The van der Waals surface area contributed by atoms with Crippen molar-refractivity contribution < 1.29 is 0 Å². The zero-order valence-corrected chi connectivity index (χ0v) is 34.0. The van der Waals surface area contributed by atoms with Crippen LogP contribution in [0.2, 0.25) is 0 Å². The Morgan fingerprint density at radius 1 is 0.274 bits per heavy atom. The molecule has 0 saturated carbocycles. The first kappa shape index (κ1) is 35.7. The van der Waals surface area contributed by atoms with Crippen LogP contribution < -0.4 is 4.90 Å². The van der Waals surface area contributed by atoms with E-state index in [4.69, 9.17) is 0 Å². The van der Waals surface area contributed by atoms with Gasteiger partial charge in [-0.2, -0.15) is 0 Å². The summed E-state index contributed by atoms with van der Waals surface area (Å²) in [4.78, 5) is 2.41. The molecule has 11 aromatic carbocycles. The molecule has 290 valence electrons. The lowest BCUT2D eigenvalue weighted by molar-refractivity contribution is 1.18. The first-order valence-corrected chi connectivity index (χ1v) is 21.3. The maximum Gasteiger partial charge on any atom is 0.0547 e. The minimum atomic E-state index is 1.09. The Hall–Kier alpha value is -8.20. The van der Waals surface area contributed by atoms with Gasteiger partial charge in [0.1, 0.15) is 0 Å². The molecule has 12 rings (SSSR count). The van der Waals surface area contributed by atoms with Crippen molar-refractivity contribution in [1.29, 1.82) is 0 Å². The summed E-state index contributed by atoms with van der Waals surface area (Å²) in [7, 11) is 0. The highest BCUT2D eigenvalue weighted by molar-refractivity contribution is 6.21. The molecule has 0 aliphatic heterocycles. The van der Waals surface area contributed by atoms with E-state index in [9.17, 15) is 0 Å². The Kier molecular flexibility index (Phi) is 8.53. The maximum absolute atomic E-state index is 2.42. The van der Waals surface area contributed by atoms with Crippen LogP contribution in [0.3, 0.4) is 0 Å². The molecule has 0 N–H and O–H groups in total. The first-order chi connectivity index (χ1) is 30.7. The third kappa shape index (κ3) is 6.04. The van der Waals surface area contributed by atoms with Crippen molar-refractivity contribution in [2.75, 3.05) is 4.90 Å². The van der Waals surface area contributed by atoms with Crippen molar-refractivity contribution in [3.63, 3.8) is 0 Å². The van der Waals surface area contributed by atoms with Gasteiger partial charge in [0, 0.05) is 33.5 Å². The molecular formula is C60H40N2. The van der Waals surface area contributed by atoms with Gasteiger partial charge in [-0.3, -0.25) is 0 Å². The van der Waals surface area contributed by atoms with Gasteiger partial charge in [-0.15, -0.1) is 0 Å². The number of rotatable bonds is 7. The normalized spacial score (nSPS) is 11.5. The summed E-state index contributed by atoms with van der Waals surface area (Å²) in [6, 6.07) is 88.5. The third-order valence-electron chi connectivity index (χ3n) is 12.5. The highest BCUT2D eigenvalue weighted by Gasteiger charge is 2.21. The Morgan fingerprint density at radius 3 is 1.60 bits per heavy atom. The molecular weight excluding hydrogens is 749 g/mol. The fraction of sp³-hybridized carbons (Fsp3) is 0. The van der Waals surface area contributed by atoms with Gasteiger partial charge in [0.25, 0.3) is 0 Å². The van der Waals surface area contributed by atoms with Crippen molar-refractivity contribution in [3.8, 4) is 39.1 Å². The molecule has 62 heavy (non-hydrogen) atoms. The summed E-state index contributed by atoms with van der Waals surface area (Å²) >= 11 is 0. The smallest absolute Gasteiger partial charge is 0.0547 e. The molecule has 1 heterocycles. The highest BCUT2D eigenvalue weighted by atomic mass is 15.1. The Morgan fingerprint density at radius 2 is 0.823 bits per heavy atom. The molecule has 2 heteroatoms. The van der Waals surface area contributed by atoms with E-state index in [1.807, 2.05) is 0 Å². The van der Waals surface area contributed by atoms with Gasteiger partial charge in [-0.1, -0.05) is 176 Å². The maximum atomic E-state index is 2.42. The fourth-order valence-corrected chi connectivity index (χ4v) is 9.63. The van der Waals surface area contributed by atoms with E-state index >= 15 is 0 Å². The molecule has 0 fully saturated rings. The lowest BCUT2D eigenvalue weighted by Crippen LogP contribution is -2.10. The lowest BCUT2D eigenvalue weighted by Gasteiger charge is -2.27. The second kappa shape index (κ2) is 14.8. The van der Waals surface area contributed by atoms with Crippen molar-refractivity contribution >= 4 is 71.2 Å². The molecule has 0 aliphatic rings. The first-order valence-electron chi connectivity index (χ1n) is 21.3. The van der Waals surface area contributed by atoms with Crippen LogP contribution in [-0.4, -0.2) is 4.57 Å². The summed E-state index contributed by atoms with van der Waals surface area (Å²) in [5, 5.41) is 9.97. The number of hydrogen-bond acceptors (Lipinski definition) is 1. The van der Waals surface area contributed by atoms with E-state index in [-0.39, 0.29) is 0 Å². The monoisotopic (exact) mass is 788 g/mol. The zero-order valence-electron chi connectivity index (χ0n) is 34.0. The van der Waals surface area contributed by atoms with Crippen molar-refractivity contribution in [1.82, 2.24) is 4.57 Å². The topological polar surface area (TPSA) is 8.17 Å². The standard InChI is InChI=1S/C60H40N2/c1-3-15-43(16-4-1)55-24-12-26-57-59(55)60-56(25-13-27-58(60)62(57)49-20-5-2-6-21-49)47-19-11-22-51(39-47)61(52-36-37-54-48(40-52)31-29-44-17-9-10-23-53(44)54)50-34-32-42(33-35-50)46-30-28-41-14-7-8-18-45(41)38-46/h1-40H. The van der Waals surface area contributed by atoms with Crippen LogP contribution in [0.1, 0.15) is 0 Å². The molecule has 0 spiro atoms. The van der Waals surface area contributed by atoms with Crippen LogP contribution in [0, 0.1) is 0 Å². The fourth-order valence-electron chi connectivity index (χ4n) is 9.63. The van der Waals surface area contributed by atoms with E-state index in [2.05, 4.69) is 252 Å². The summed E-state index contributed by atoms with van der Waals surface area (Å²) in [6.45, 7) is 0. The molecule has 0 radical (unpaired) electrons. The average Bonchev–Trinajstić information content (AvgIpc) is 3.70. The van der Waals surface area contributed by atoms with Gasteiger partial charge in [0.15, 0.2) is 0 Å². The van der Waals surface area contributed by atoms with Gasteiger partial charge in [-0.05, 0) is 132 Å². The average molecular weight is 789 g/mol. The predicted octanol–water partition coefficient (Wildman–Crippen LogP) is 16.7. The van der Waals surface area contributed by atoms with Crippen LogP contribution in [-0.2, 0) is 0 Å². The predicted molar refractivity (Wildman–Crippen MR) is 264 cm³/mol. The SMILES string of the molecule is c1ccc(-c2cccc3c2c2c(-c4cccc(N(c5ccc(-c6ccc7ccccc7c6)cc5)c5ccc6c(ccc7ccccc76)c5)c4)cccc2n3-c2ccccc2)cc1. The zero-order chi connectivity index (χ0) is 41.0. The Balaban J connectivity index is 1.05. The van der Waals surface area contributed by atoms with Crippen molar-refractivity contribution in [3.05, 3.63) is 243 Å². The van der Waals surface area contributed by atoms with E-state index in [0.717, 1.165) is 28.3 Å². The number of nitrogens with zero attached hydrogens (tertiary/aromatic N) is 2. The Bertz CT molecular complexity index is 3620. The van der Waals surface area contributed by atoms with Crippen LogP contribution >= 0.6 is 0 Å².